The van der Waals surface area contributed by atoms with Gasteiger partial charge in [0.25, 0.3) is 11.8 Å². The largest absolute Gasteiger partial charge is 0.350 e. The summed E-state index contributed by atoms with van der Waals surface area (Å²) in [5.41, 5.74) is 2.47. The van der Waals surface area contributed by atoms with Crippen molar-refractivity contribution in [3.63, 3.8) is 0 Å². The number of nitrogens with zero attached hydrogens (tertiary/aromatic N) is 1. The summed E-state index contributed by atoms with van der Waals surface area (Å²) in [6, 6.07) is 12.4. The van der Waals surface area contributed by atoms with Crippen molar-refractivity contribution >= 4 is 29.3 Å². The highest BCUT2D eigenvalue weighted by Crippen LogP contribution is 2.28. The van der Waals surface area contributed by atoms with Gasteiger partial charge >= 0.3 is 0 Å². The van der Waals surface area contributed by atoms with Crippen LogP contribution in [-0.4, -0.2) is 29.2 Å². The van der Waals surface area contributed by atoms with Crippen LogP contribution in [0.3, 0.4) is 0 Å². The number of imide groups is 1. The summed E-state index contributed by atoms with van der Waals surface area (Å²) < 4.78 is 0. The molecule has 0 radical (unpaired) electrons. The second-order valence-corrected chi connectivity index (χ2v) is 6.03. The van der Waals surface area contributed by atoms with Gasteiger partial charge in [0, 0.05) is 6.54 Å². The average Bonchev–Trinajstić information content (AvgIpc) is 2.80. The average molecular weight is 343 g/mol. The molecule has 6 heteroatoms. The van der Waals surface area contributed by atoms with E-state index < -0.39 is 17.7 Å². The van der Waals surface area contributed by atoms with Crippen molar-refractivity contribution in [1.82, 2.24) is 10.2 Å². The Morgan fingerprint density at radius 3 is 2.46 bits per heavy atom. The van der Waals surface area contributed by atoms with Crippen LogP contribution in [0.2, 0.25) is 5.02 Å². The number of hydrogen-bond acceptors (Lipinski definition) is 3. The number of hydrogen-bond donors (Lipinski definition) is 1. The van der Waals surface area contributed by atoms with Crippen LogP contribution >= 0.6 is 11.6 Å². The number of carbonyl (C=O) groups excluding carboxylic acids is 3. The molecule has 2 aromatic rings. The molecule has 1 heterocycles. The molecule has 5 nitrogen and oxygen atoms in total. The Bertz CT molecular complexity index is 831. The number of fused-ring (bicyclic) bond motifs is 1. The zero-order valence-electron chi connectivity index (χ0n) is 13.0. The van der Waals surface area contributed by atoms with E-state index in [0.717, 1.165) is 16.0 Å². The molecule has 2 aromatic carbocycles. The Hall–Kier alpha value is -2.66. The number of nitrogens with one attached hydrogen (secondary N) is 1. The molecule has 1 aliphatic rings. The molecule has 0 spiro atoms. The number of aryl methyl sites for hydroxylation is 1. The lowest BCUT2D eigenvalue weighted by Gasteiger charge is -2.13. The lowest BCUT2D eigenvalue weighted by Crippen LogP contribution is -2.40. The van der Waals surface area contributed by atoms with Gasteiger partial charge in [-0.05, 0) is 24.6 Å². The van der Waals surface area contributed by atoms with E-state index in [0.29, 0.717) is 6.54 Å². The van der Waals surface area contributed by atoms with E-state index in [1.807, 2.05) is 31.2 Å². The Labute approximate surface area is 144 Å². The summed E-state index contributed by atoms with van der Waals surface area (Å²) in [6.45, 7) is 1.99. The first kappa shape index (κ1) is 16.2. The van der Waals surface area contributed by atoms with E-state index >= 15 is 0 Å². The summed E-state index contributed by atoms with van der Waals surface area (Å²) in [7, 11) is 0. The van der Waals surface area contributed by atoms with Gasteiger partial charge in [0.15, 0.2) is 0 Å². The first-order valence-electron chi connectivity index (χ1n) is 7.44. The summed E-state index contributed by atoms with van der Waals surface area (Å²) in [5, 5.41) is 2.93. The van der Waals surface area contributed by atoms with Crippen molar-refractivity contribution in [3.05, 3.63) is 69.7 Å². The molecule has 0 unspecified atom stereocenters. The molecule has 1 N–H and O–H groups in total. The normalized spacial score (nSPS) is 13.2. The molecule has 3 amide bonds. The van der Waals surface area contributed by atoms with Crippen molar-refractivity contribution in [2.45, 2.75) is 13.5 Å². The van der Waals surface area contributed by atoms with Crippen LogP contribution in [0.5, 0.6) is 0 Å². The maximum Gasteiger partial charge on any atom is 0.263 e. The minimum absolute atomic E-state index is 0.163. The minimum atomic E-state index is -0.536. The summed E-state index contributed by atoms with van der Waals surface area (Å²) in [6.07, 6.45) is 0. The Morgan fingerprint density at radius 1 is 1.08 bits per heavy atom. The van der Waals surface area contributed by atoms with Crippen LogP contribution in [-0.2, 0) is 11.3 Å². The zero-order valence-corrected chi connectivity index (χ0v) is 13.8. The predicted octanol–water partition coefficient (Wildman–Crippen LogP) is 2.56. The SMILES string of the molecule is Cc1ccc(CNC(=O)CN2C(=O)c3cccc(Cl)c3C2=O)cc1. The predicted molar refractivity (Wildman–Crippen MR) is 89.8 cm³/mol. The van der Waals surface area contributed by atoms with E-state index in [4.69, 9.17) is 11.6 Å². The molecule has 1 aliphatic heterocycles. The fourth-order valence-electron chi connectivity index (χ4n) is 2.54. The lowest BCUT2D eigenvalue weighted by molar-refractivity contribution is -0.121. The van der Waals surface area contributed by atoms with Gasteiger partial charge in [-0.15, -0.1) is 0 Å². The fourth-order valence-corrected chi connectivity index (χ4v) is 2.80. The first-order chi connectivity index (χ1) is 11.5. The maximum atomic E-state index is 12.3. The highest BCUT2D eigenvalue weighted by molar-refractivity contribution is 6.37. The quantitative estimate of drug-likeness (QED) is 0.868. The van der Waals surface area contributed by atoms with Crippen molar-refractivity contribution in [3.8, 4) is 0 Å². The van der Waals surface area contributed by atoms with E-state index in [-0.39, 0.29) is 22.7 Å². The van der Waals surface area contributed by atoms with Gasteiger partial charge in [-0.1, -0.05) is 47.5 Å². The summed E-state index contributed by atoms with van der Waals surface area (Å²) in [5.74, 6) is -1.43. The smallest absolute Gasteiger partial charge is 0.263 e. The number of benzene rings is 2. The monoisotopic (exact) mass is 342 g/mol. The van der Waals surface area contributed by atoms with E-state index in [9.17, 15) is 14.4 Å². The maximum absolute atomic E-state index is 12.3. The summed E-state index contributed by atoms with van der Waals surface area (Å²) in [4.78, 5) is 37.6. The van der Waals surface area contributed by atoms with E-state index in [1.165, 1.54) is 6.07 Å². The molecular weight excluding hydrogens is 328 g/mol. The lowest BCUT2D eigenvalue weighted by atomic mass is 10.1. The number of carbonyl (C=O) groups is 3. The second-order valence-electron chi connectivity index (χ2n) is 5.62. The van der Waals surface area contributed by atoms with Gasteiger partial charge in [0.1, 0.15) is 6.54 Å². The molecular formula is C18H15ClN2O3. The van der Waals surface area contributed by atoms with Crippen LogP contribution in [0.25, 0.3) is 0 Å². The van der Waals surface area contributed by atoms with Gasteiger partial charge in [0.05, 0.1) is 16.1 Å². The van der Waals surface area contributed by atoms with Gasteiger partial charge in [-0.2, -0.15) is 0 Å². The molecule has 0 aliphatic carbocycles. The number of amides is 3. The molecule has 0 atom stereocenters. The topological polar surface area (TPSA) is 66.5 Å². The standard InChI is InChI=1S/C18H15ClN2O3/c1-11-5-7-12(8-6-11)9-20-15(22)10-21-17(23)13-3-2-4-14(19)16(13)18(21)24/h2-8H,9-10H2,1H3,(H,20,22). The second kappa shape index (κ2) is 6.45. The molecule has 0 bridgehead atoms. The highest BCUT2D eigenvalue weighted by atomic mass is 35.5. The van der Waals surface area contributed by atoms with Crippen LogP contribution in [0.4, 0.5) is 0 Å². The third-order valence-corrected chi connectivity index (χ3v) is 4.18. The van der Waals surface area contributed by atoms with Crippen molar-refractivity contribution in [2.75, 3.05) is 6.54 Å². The minimum Gasteiger partial charge on any atom is -0.350 e. The molecule has 122 valence electrons. The molecule has 3 rings (SSSR count). The fraction of sp³-hybridized carbons (Fsp3) is 0.167. The third kappa shape index (κ3) is 3.03. The Kier molecular flexibility index (Phi) is 4.36. The molecule has 0 saturated heterocycles. The van der Waals surface area contributed by atoms with Gasteiger partial charge in [0.2, 0.25) is 5.91 Å². The van der Waals surface area contributed by atoms with Crippen LogP contribution < -0.4 is 5.32 Å². The molecule has 0 fully saturated rings. The van der Waals surface area contributed by atoms with Crippen LogP contribution in [0, 0.1) is 6.92 Å². The third-order valence-electron chi connectivity index (χ3n) is 3.86. The van der Waals surface area contributed by atoms with Crippen molar-refractivity contribution in [2.24, 2.45) is 0 Å². The Morgan fingerprint density at radius 2 is 1.79 bits per heavy atom. The number of rotatable bonds is 4. The molecule has 0 saturated carbocycles. The van der Waals surface area contributed by atoms with Gasteiger partial charge < -0.3 is 5.32 Å². The van der Waals surface area contributed by atoms with E-state index in [1.54, 1.807) is 12.1 Å². The first-order valence-corrected chi connectivity index (χ1v) is 7.82. The highest BCUT2D eigenvalue weighted by Gasteiger charge is 2.38. The van der Waals surface area contributed by atoms with Crippen LogP contribution in [0.1, 0.15) is 31.8 Å². The summed E-state index contributed by atoms with van der Waals surface area (Å²) >= 11 is 5.99. The zero-order chi connectivity index (χ0) is 17.3. The van der Waals surface area contributed by atoms with Gasteiger partial charge in [-0.3, -0.25) is 19.3 Å². The van der Waals surface area contributed by atoms with Crippen LogP contribution in [0.15, 0.2) is 42.5 Å². The van der Waals surface area contributed by atoms with Crippen molar-refractivity contribution < 1.29 is 14.4 Å². The Balaban J connectivity index is 1.65. The number of halogens is 1. The van der Waals surface area contributed by atoms with Crippen molar-refractivity contribution in [1.29, 1.82) is 0 Å². The van der Waals surface area contributed by atoms with Gasteiger partial charge in [-0.25, -0.2) is 0 Å². The molecule has 0 aromatic heterocycles. The van der Waals surface area contributed by atoms with E-state index in [2.05, 4.69) is 5.32 Å². The molecule has 24 heavy (non-hydrogen) atoms.